The number of para-hydroxylation sites is 1. The Morgan fingerprint density at radius 1 is 1.36 bits per heavy atom. The molecule has 0 saturated carbocycles. The van der Waals surface area contributed by atoms with Gasteiger partial charge >= 0.3 is 0 Å². The van der Waals surface area contributed by atoms with E-state index in [1.54, 1.807) is 0 Å². The summed E-state index contributed by atoms with van der Waals surface area (Å²) >= 11 is 0. The molecule has 3 rings (SSSR count). The molecule has 1 aromatic rings. The lowest BCUT2D eigenvalue weighted by Gasteiger charge is -2.33. The van der Waals surface area contributed by atoms with Gasteiger partial charge in [0.15, 0.2) is 0 Å². The Hall–Kier alpha value is -1.92. The third-order valence-electron chi connectivity index (χ3n) is 5.51. The summed E-state index contributed by atoms with van der Waals surface area (Å²) in [6, 6.07) is 7.92. The Morgan fingerprint density at radius 3 is 2.80 bits per heavy atom. The summed E-state index contributed by atoms with van der Waals surface area (Å²) < 4.78 is 0. The molecule has 2 aliphatic heterocycles. The van der Waals surface area contributed by atoms with E-state index in [0.717, 1.165) is 50.3 Å². The summed E-state index contributed by atoms with van der Waals surface area (Å²) in [5.41, 5.74) is 7.42. The van der Waals surface area contributed by atoms with Crippen LogP contribution in [0.3, 0.4) is 0 Å². The quantitative estimate of drug-likeness (QED) is 0.723. The zero-order chi connectivity index (χ0) is 17.8. The van der Waals surface area contributed by atoms with Crippen LogP contribution in [0.25, 0.3) is 0 Å². The summed E-state index contributed by atoms with van der Waals surface area (Å²) in [5, 5.41) is 6.31. The number of carbonyl (C=O) groups excluding carboxylic acids is 2. The number of anilines is 1. The van der Waals surface area contributed by atoms with Crippen molar-refractivity contribution in [2.45, 2.75) is 26.3 Å². The lowest BCUT2D eigenvalue weighted by molar-refractivity contribution is -0.123. The molecule has 0 bridgehead atoms. The molecule has 2 amide bonds. The van der Waals surface area contributed by atoms with Gasteiger partial charge in [-0.15, -0.1) is 0 Å². The average Bonchev–Trinajstić information content (AvgIpc) is 2.55. The van der Waals surface area contributed by atoms with Crippen molar-refractivity contribution in [3.8, 4) is 0 Å². The second-order valence-corrected chi connectivity index (χ2v) is 7.33. The van der Waals surface area contributed by atoms with Crippen LogP contribution >= 0.6 is 0 Å². The van der Waals surface area contributed by atoms with Crippen molar-refractivity contribution >= 4 is 17.5 Å². The second kappa shape index (κ2) is 7.97. The third kappa shape index (κ3) is 4.38. The maximum absolute atomic E-state index is 12.5. The highest BCUT2D eigenvalue weighted by Crippen LogP contribution is 2.24. The van der Waals surface area contributed by atoms with Crippen molar-refractivity contribution in [1.29, 1.82) is 0 Å². The van der Waals surface area contributed by atoms with Gasteiger partial charge in [0.25, 0.3) is 0 Å². The highest BCUT2D eigenvalue weighted by Gasteiger charge is 2.29. The fourth-order valence-electron chi connectivity index (χ4n) is 3.58. The van der Waals surface area contributed by atoms with Gasteiger partial charge in [0.2, 0.25) is 11.8 Å². The van der Waals surface area contributed by atoms with E-state index >= 15 is 0 Å². The SMILES string of the molecule is CC(C(=O)Nc1ccccc1CN1CCCC(C(N)=O)C1)C1CNC1. The van der Waals surface area contributed by atoms with E-state index in [9.17, 15) is 9.59 Å². The standard InChI is InChI=1S/C19H28N4O2/c1-13(16-9-21-10-16)19(25)22-17-7-3-2-5-14(17)11-23-8-4-6-15(12-23)18(20)24/h2-3,5,7,13,15-16,21H,4,6,8-12H2,1H3,(H2,20,24)(H,22,25). The number of primary amides is 1. The van der Waals surface area contributed by atoms with Gasteiger partial charge in [0.1, 0.15) is 0 Å². The number of carbonyl (C=O) groups is 2. The van der Waals surface area contributed by atoms with E-state index in [-0.39, 0.29) is 23.7 Å². The topological polar surface area (TPSA) is 87.5 Å². The molecule has 4 N–H and O–H groups in total. The molecule has 1 aromatic carbocycles. The van der Waals surface area contributed by atoms with Gasteiger partial charge in [-0.3, -0.25) is 14.5 Å². The molecule has 2 saturated heterocycles. The van der Waals surface area contributed by atoms with Crippen molar-refractivity contribution in [3.63, 3.8) is 0 Å². The van der Waals surface area contributed by atoms with Crippen LogP contribution in [0.4, 0.5) is 5.69 Å². The normalized spacial score (nSPS) is 22.8. The Morgan fingerprint density at radius 2 is 2.12 bits per heavy atom. The predicted octanol–water partition coefficient (Wildman–Crippen LogP) is 1.18. The number of piperidine rings is 1. The fourth-order valence-corrected chi connectivity index (χ4v) is 3.58. The molecule has 6 nitrogen and oxygen atoms in total. The number of nitrogens with zero attached hydrogens (tertiary/aromatic N) is 1. The van der Waals surface area contributed by atoms with E-state index in [2.05, 4.69) is 15.5 Å². The van der Waals surface area contributed by atoms with Gasteiger partial charge in [-0.05, 0) is 50.0 Å². The highest BCUT2D eigenvalue weighted by molar-refractivity contribution is 5.93. The molecule has 2 heterocycles. The van der Waals surface area contributed by atoms with E-state index in [0.29, 0.717) is 12.5 Å². The lowest BCUT2D eigenvalue weighted by atomic mass is 9.88. The molecular formula is C19H28N4O2. The van der Waals surface area contributed by atoms with Crippen molar-refractivity contribution in [2.24, 2.45) is 23.5 Å². The highest BCUT2D eigenvalue weighted by atomic mass is 16.2. The van der Waals surface area contributed by atoms with Crippen LogP contribution in [-0.2, 0) is 16.1 Å². The molecule has 0 spiro atoms. The molecule has 0 aliphatic carbocycles. The number of likely N-dealkylation sites (tertiary alicyclic amines) is 1. The molecule has 2 unspecified atom stereocenters. The van der Waals surface area contributed by atoms with Gasteiger partial charge in [-0.1, -0.05) is 25.1 Å². The zero-order valence-corrected chi connectivity index (χ0v) is 14.8. The Bertz CT molecular complexity index is 630. The largest absolute Gasteiger partial charge is 0.369 e. The van der Waals surface area contributed by atoms with Crippen LogP contribution in [0.1, 0.15) is 25.3 Å². The zero-order valence-electron chi connectivity index (χ0n) is 14.8. The minimum absolute atomic E-state index is 0.00327. The van der Waals surface area contributed by atoms with Gasteiger partial charge < -0.3 is 16.4 Å². The number of nitrogens with two attached hydrogens (primary N) is 1. The number of hydrogen-bond acceptors (Lipinski definition) is 4. The van der Waals surface area contributed by atoms with E-state index in [4.69, 9.17) is 5.73 Å². The Kier molecular flexibility index (Phi) is 5.71. The number of rotatable bonds is 6. The summed E-state index contributed by atoms with van der Waals surface area (Å²) in [4.78, 5) is 26.2. The van der Waals surface area contributed by atoms with Gasteiger partial charge in [0.05, 0.1) is 5.92 Å². The van der Waals surface area contributed by atoms with Gasteiger partial charge in [0, 0.05) is 24.7 Å². The Balaban J connectivity index is 1.64. The molecule has 2 fully saturated rings. The van der Waals surface area contributed by atoms with Crippen molar-refractivity contribution < 1.29 is 9.59 Å². The maximum atomic E-state index is 12.5. The van der Waals surface area contributed by atoms with E-state index in [1.807, 2.05) is 31.2 Å². The molecular weight excluding hydrogens is 316 g/mol. The van der Waals surface area contributed by atoms with Crippen molar-refractivity contribution in [1.82, 2.24) is 10.2 Å². The van der Waals surface area contributed by atoms with Gasteiger partial charge in [-0.2, -0.15) is 0 Å². The number of hydrogen-bond donors (Lipinski definition) is 3. The predicted molar refractivity (Wildman–Crippen MR) is 97.8 cm³/mol. The first-order valence-corrected chi connectivity index (χ1v) is 9.15. The smallest absolute Gasteiger partial charge is 0.227 e. The summed E-state index contributed by atoms with van der Waals surface area (Å²) in [7, 11) is 0. The minimum Gasteiger partial charge on any atom is -0.369 e. The summed E-state index contributed by atoms with van der Waals surface area (Å²) in [6.07, 6.45) is 1.85. The molecule has 25 heavy (non-hydrogen) atoms. The first kappa shape index (κ1) is 17.9. The monoisotopic (exact) mass is 344 g/mol. The van der Waals surface area contributed by atoms with Crippen molar-refractivity contribution in [2.75, 3.05) is 31.5 Å². The minimum atomic E-state index is -0.214. The second-order valence-electron chi connectivity index (χ2n) is 7.33. The first-order valence-electron chi connectivity index (χ1n) is 9.15. The number of nitrogens with one attached hydrogen (secondary N) is 2. The molecule has 2 atom stereocenters. The number of amides is 2. The van der Waals surface area contributed by atoms with Crippen LogP contribution < -0.4 is 16.4 Å². The Labute approximate surface area is 149 Å². The molecule has 2 aliphatic rings. The van der Waals surface area contributed by atoms with Crippen LogP contribution in [0, 0.1) is 17.8 Å². The van der Waals surface area contributed by atoms with E-state index in [1.165, 1.54) is 0 Å². The molecule has 0 aromatic heterocycles. The van der Waals surface area contributed by atoms with Crippen LogP contribution in [0.2, 0.25) is 0 Å². The van der Waals surface area contributed by atoms with Gasteiger partial charge in [-0.25, -0.2) is 0 Å². The third-order valence-corrected chi connectivity index (χ3v) is 5.51. The summed E-state index contributed by atoms with van der Waals surface area (Å²) in [5.74, 6) is 0.220. The van der Waals surface area contributed by atoms with Crippen LogP contribution in [0.15, 0.2) is 24.3 Å². The van der Waals surface area contributed by atoms with Crippen LogP contribution in [-0.4, -0.2) is 42.9 Å². The lowest BCUT2D eigenvalue weighted by Crippen LogP contribution is -2.48. The van der Waals surface area contributed by atoms with Crippen molar-refractivity contribution in [3.05, 3.63) is 29.8 Å². The molecule has 6 heteroatoms. The first-order chi connectivity index (χ1) is 12.0. The van der Waals surface area contributed by atoms with Crippen LogP contribution in [0.5, 0.6) is 0 Å². The molecule has 0 radical (unpaired) electrons. The molecule has 136 valence electrons. The average molecular weight is 344 g/mol. The van der Waals surface area contributed by atoms with E-state index < -0.39 is 0 Å². The number of benzene rings is 1. The summed E-state index contributed by atoms with van der Waals surface area (Å²) in [6.45, 7) is 6.19. The maximum Gasteiger partial charge on any atom is 0.227 e. The fraction of sp³-hybridized carbons (Fsp3) is 0.579.